The van der Waals surface area contributed by atoms with Crippen LogP contribution in [0.4, 0.5) is 5.69 Å². The van der Waals surface area contributed by atoms with Gasteiger partial charge in [-0.15, -0.1) is 12.4 Å². The molecule has 0 radical (unpaired) electrons. The van der Waals surface area contributed by atoms with Gasteiger partial charge in [-0.3, -0.25) is 4.79 Å². The van der Waals surface area contributed by atoms with E-state index in [1.165, 1.54) is 0 Å². The van der Waals surface area contributed by atoms with Crippen LogP contribution in [0.25, 0.3) is 0 Å². The number of rotatable bonds is 5. The summed E-state index contributed by atoms with van der Waals surface area (Å²) >= 11 is 0. The third-order valence-corrected chi connectivity index (χ3v) is 2.26. The van der Waals surface area contributed by atoms with Gasteiger partial charge in [0.05, 0.1) is 12.1 Å². The Morgan fingerprint density at radius 1 is 1.42 bits per heavy atom. The number of ether oxygens (including phenoxy) is 1. The minimum absolute atomic E-state index is 0. The second kappa shape index (κ2) is 7.36. The molecule has 0 unspecified atom stereocenters. The molecule has 0 bridgehead atoms. The van der Waals surface area contributed by atoms with Gasteiger partial charge >= 0.3 is 0 Å². The second-order valence-corrected chi connectivity index (χ2v) is 5.41. The van der Waals surface area contributed by atoms with Gasteiger partial charge in [0.1, 0.15) is 5.75 Å². The number of carbonyl (C=O) groups excluding carboxylic acids is 1. The molecule has 0 heterocycles. The quantitative estimate of drug-likeness (QED) is 0.875. The summed E-state index contributed by atoms with van der Waals surface area (Å²) < 4.78 is 5.59. The van der Waals surface area contributed by atoms with E-state index in [1.54, 1.807) is 19.9 Å². The van der Waals surface area contributed by atoms with Gasteiger partial charge in [0, 0.05) is 11.8 Å². The van der Waals surface area contributed by atoms with Gasteiger partial charge in [-0.1, -0.05) is 19.9 Å². The molecule has 1 rings (SSSR count). The number of hydrogen-bond acceptors (Lipinski definition) is 3. The highest BCUT2D eigenvalue weighted by atomic mass is 35.5. The van der Waals surface area contributed by atoms with E-state index in [1.807, 2.05) is 18.2 Å². The molecule has 19 heavy (non-hydrogen) atoms. The molecule has 1 aromatic carbocycles. The normalized spacial score (nSPS) is 10.8. The Balaban J connectivity index is 0.00000324. The first-order chi connectivity index (χ1) is 8.29. The van der Waals surface area contributed by atoms with Crippen molar-refractivity contribution in [1.82, 2.24) is 0 Å². The maximum absolute atomic E-state index is 11.7. The average Bonchev–Trinajstić information content (AvgIpc) is 2.25. The van der Waals surface area contributed by atoms with E-state index in [9.17, 15) is 4.79 Å². The molecular weight excluding hydrogens is 264 g/mol. The summed E-state index contributed by atoms with van der Waals surface area (Å²) in [5.41, 5.74) is 5.52. The SMILES string of the molecule is CC(C)COc1cccc(NC(=O)C(C)(C)N)c1.Cl. The van der Waals surface area contributed by atoms with E-state index in [0.717, 1.165) is 5.75 Å². The standard InChI is InChI=1S/C14H22N2O2.ClH/c1-10(2)9-18-12-7-5-6-11(8-12)16-13(17)14(3,4)15;/h5-8,10H,9,15H2,1-4H3,(H,16,17);1H. The smallest absolute Gasteiger partial charge is 0.243 e. The van der Waals surface area contributed by atoms with Crippen molar-refractivity contribution >= 4 is 24.0 Å². The number of amides is 1. The molecule has 0 saturated heterocycles. The molecule has 108 valence electrons. The Morgan fingerprint density at radius 3 is 2.58 bits per heavy atom. The fourth-order valence-corrected chi connectivity index (χ4v) is 1.22. The molecule has 4 nitrogen and oxygen atoms in total. The molecule has 0 saturated carbocycles. The molecule has 0 aliphatic carbocycles. The average molecular weight is 287 g/mol. The fraction of sp³-hybridized carbons (Fsp3) is 0.500. The summed E-state index contributed by atoms with van der Waals surface area (Å²) in [7, 11) is 0. The van der Waals surface area contributed by atoms with Crippen LogP contribution < -0.4 is 15.8 Å². The topological polar surface area (TPSA) is 64.3 Å². The zero-order valence-electron chi connectivity index (χ0n) is 11.9. The summed E-state index contributed by atoms with van der Waals surface area (Å²) in [5, 5.41) is 2.77. The summed E-state index contributed by atoms with van der Waals surface area (Å²) in [4.78, 5) is 11.7. The van der Waals surface area contributed by atoms with Crippen molar-refractivity contribution < 1.29 is 9.53 Å². The first kappa shape index (κ1) is 17.7. The first-order valence-electron chi connectivity index (χ1n) is 6.12. The maximum Gasteiger partial charge on any atom is 0.243 e. The van der Waals surface area contributed by atoms with Crippen molar-refractivity contribution in [3.05, 3.63) is 24.3 Å². The number of nitrogens with two attached hydrogens (primary N) is 1. The molecule has 5 heteroatoms. The van der Waals surface area contributed by atoms with Gasteiger partial charge in [-0.05, 0) is 31.9 Å². The van der Waals surface area contributed by atoms with Crippen LogP contribution in [0.15, 0.2) is 24.3 Å². The number of halogens is 1. The highest BCUT2D eigenvalue weighted by Crippen LogP contribution is 2.18. The van der Waals surface area contributed by atoms with Crippen molar-refractivity contribution in [2.75, 3.05) is 11.9 Å². The van der Waals surface area contributed by atoms with Crippen LogP contribution in [-0.2, 0) is 4.79 Å². The summed E-state index contributed by atoms with van der Waals surface area (Å²) in [6.45, 7) is 8.16. The molecule has 0 fully saturated rings. The van der Waals surface area contributed by atoms with Crippen molar-refractivity contribution in [3.63, 3.8) is 0 Å². The van der Waals surface area contributed by atoms with Gasteiger partial charge in [0.2, 0.25) is 5.91 Å². The molecule has 0 aromatic heterocycles. The zero-order chi connectivity index (χ0) is 13.8. The predicted molar refractivity (Wildman–Crippen MR) is 80.9 cm³/mol. The molecule has 1 amide bonds. The van der Waals surface area contributed by atoms with Crippen LogP contribution in [0.2, 0.25) is 0 Å². The number of nitrogens with one attached hydrogen (secondary N) is 1. The minimum Gasteiger partial charge on any atom is -0.493 e. The summed E-state index contributed by atoms with van der Waals surface area (Å²) in [6.07, 6.45) is 0. The molecule has 0 atom stereocenters. The lowest BCUT2D eigenvalue weighted by Gasteiger charge is -2.18. The van der Waals surface area contributed by atoms with E-state index in [-0.39, 0.29) is 18.3 Å². The Hall–Kier alpha value is -1.26. The van der Waals surface area contributed by atoms with Gasteiger partial charge in [0.25, 0.3) is 0 Å². The van der Waals surface area contributed by atoms with Crippen LogP contribution >= 0.6 is 12.4 Å². The zero-order valence-corrected chi connectivity index (χ0v) is 12.7. The minimum atomic E-state index is -0.894. The van der Waals surface area contributed by atoms with Crippen molar-refractivity contribution in [2.45, 2.75) is 33.2 Å². The highest BCUT2D eigenvalue weighted by molar-refractivity contribution is 5.97. The van der Waals surface area contributed by atoms with Crippen LogP contribution in [-0.4, -0.2) is 18.1 Å². The Bertz CT molecular complexity index is 414. The number of carbonyl (C=O) groups is 1. The van der Waals surface area contributed by atoms with E-state index < -0.39 is 5.54 Å². The third-order valence-electron chi connectivity index (χ3n) is 2.26. The molecular formula is C14H23ClN2O2. The molecule has 1 aromatic rings. The first-order valence-corrected chi connectivity index (χ1v) is 6.12. The van der Waals surface area contributed by atoms with Crippen LogP contribution in [0.5, 0.6) is 5.75 Å². The van der Waals surface area contributed by atoms with E-state index in [0.29, 0.717) is 18.2 Å². The van der Waals surface area contributed by atoms with Crippen LogP contribution in [0.1, 0.15) is 27.7 Å². The lowest BCUT2D eigenvalue weighted by Crippen LogP contribution is -2.45. The van der Waals surface area contributed by atoms with Crippen LogP contribution in [0.3, 0.4) is 0 Å². The number of hydrogen-bond donors (Lipinski definition) is 2. The number of benzene rings is 1. The van der Waals surface area contributed by atoms with Gasteiger partial charge in [-0.25, -0.2) is 0 Å². The van der Waals surface area contributed by atoms with Gasteiger partial charge in [-0.2, -0.15) is 0 Å². The molecule has 0 aliphatic rings. The second-order valence-electron chi connectivity index (χ2n) is 5.41. The Kier molecular flexibility index (Phi) is 6.87. The molecule has 0 aliphatic heterocycles. The summed E-state index contributed by atoms with van der Waals surface area (Å²) in [6, 6.07) is 7.32. The monoisotopic (exact) mass is 286 g/mol. The summed E-state index contributed by atoms with van der Waals surface area (Å²) in [5.74, 6) is 0.992. The fourth-order valence-electron chi connectivity index (χ4n) is 1.22. The Labute approximate surface area is 121 Å². The largest absolute Gasteiger partial charge is 0.493 e. The predicted octanol–water partition coefficient (Wildman–Crippen LogP) is 2.82. The van der Waals surface area contributed by atoms with E-state index >= 15 is 0 Å². The van der Waals surface area contributed by atoms with E-state index in [2.05, 4.69) is 19.2 Å². The maximum atomic E-state index is 11.7. The lowest BCUT2D eigenvalue weighted by molar-refractivity contribution is -0.120. The number of anilines is 1. The Morgan fingerprint density at radius 2 is 2.05 bits per heavy atom. The van der Waals surface area contributed by atoms with Crippen LogP contribution in [0, 0.1) is 5.92 Å². The third kappa shape index (κ3) is 6.45. The molecule has 0 spiro atoms. The van der Waals surface area contributed by atoms with Gasteiger partial charge < -0.3 is 15.8 Å². The lowest BCUT2D eigenvalue weighted by atomic mass is 10.1. The highest BCUT2D eigenvalue weighted by Gasteiger charge is 2.21. The van der Waals surface area contributed by atoms with Crippen molar-refractivity contribution in [3.8, 4) is 5.75 Å². The van der Waals surface area contributed by atoms with Gasteiger partial charge in [0.15, 0.2) is 0 Å². The van der Waals surface area contributed by atoms with Crippen molar-refractivity contribution in [2.24, 2.45) is 11.7 Å². The molecule has 3 N–H and O–H groups in total. The van der Waals surface area contributed by atoms with E-state index in [4.69, 9.17) is 10.5 Å². The van der Waals surface area contributed by atoms with Crippen molar-refractivity contribution in [1.29, 1.82) is 0 Å².